The third-order valence-electron chi connectivity index (χ3n) is 9.81. The van der Waals surface area contributed by atoms with Gasteiger partial charge in [-0.3, -0.25) is 0 Å². The van der Waals surface area contributed by atoms with Crippen molar-refractivity contribution in [2.75, 3.05) is 0 Å². The van der Waals surface area contributed by atoms with Crippen molar-refractivity contribution in [1.82, 2.24) is 9.13 Å². The summed E-state index contributed by atoms with van der Waals surface area (Å²) in [7, 11) is 0. The van der Waals surface area contributed by atoms with Crippen molar-refractivity contribution in [3.8, 4) is 11.4 Å². The highest BCUT2D eigenvalue weighted by Gasteiger charge is 2.22. The van der Waals surface area contributed by atoms with E-state index < -0.39 is 0 Å². The second-order valence-corrected chi connectivity index (χ2v) is 12.5. The van der Waals surface area contributed by atoms with E-state index in [0.29, 0.717) is 0 Å². The normalized spacial score (nSPS) is 14.4. The van der Waals surface area contributed by atoms with Gasteiger partial charge in [0.05, 0.1) is 16.7 Å². The van der Waals surface area contributed by atoms with Crippen LogP contribution in [0.5, 0.6) is 0 Å². The molecule has 8 rings (SSSR count). The maximum Gasteiger partial charge on any atom is 0.0548 e. The van der Waals surface area contributed by atoms with Crippen LogP contribution in [-0.4, -0.2) is 9.13 Å². The minimum absolute atomic E-state index is 0.861. The first kappa shape index (κ1) is 29.5. The highest BCUT2D eigenvalue weighted by atomic mass is 15.0. The minimum Gasteiger partial charge on any atom is -0.310 e. The third-order valence-corrected chi connectivity index (χ3v) is 9.81. The van der Waals surface area contributed by atoms with Crippen LogP contribution >= 0.6 is 0 Å². The number of benzene rings is 4. The molecule has 2 aliphatic carbocycles. The largest absolute Gasteiger partial charge is 0.310 e. The van der Waals surface area contributed by atoms with E-state index in [0.717, 1.165) is 47.2 Å². The summed E-state index contributed by atoms with van der Waals surface area (Å²) in [5.74, 6) is 0. The summed E-state index contributed by atoms with van der Waals surface area (Å²) in [6, 6.07) is 29.0. The fourth-order valence-corrected chi connectivity index (χ4v) is 7.46. The van der Waals surface area contributed by atoms with Gasteiger partial charge in [0.1, 0.15) is 0 Å². The third kappa shape index (κ3) is 4.72. The summed E-state index contributed by atoms with van der Waals surface area (Å²) in [5.41, 5.74) is 11.4. The van der Waals surface area contributed by atoms with Gasteiger partial charge >= 0.3 is 0 Å². The zero-order valence-electron chi connectivity index (χ0n) is 27.4. The van der Waals surface area contributed by atoms with E-state index in [2.05, 4.69) is 163 Å². The van der Waals surface area contributed by atoms with Crippen LogP contribution in [0.1, 0.15) is 43.0 Å². The van der Waals surface area contributed by atoms with Crippen molar-refractivity contribution in [2.24, 2.45) is 0 Å². The molecule has 2 heteroatoms. The predicted octanol–water partition coefficient (Wildman–Crippen LogP) is 10.8. The minimum atomic E-state index is 0.861. The molecular formula is C46H38N2. The molecule has 0 saturated carbocycles. The van der Waals surface area contributed by atoms with Crippen molar-refractivity contribution in [1.29, 1.82) is 0 Å². The first-order chi connectivity index (χ1) is 23.6. The SMILES string of the molecule is C=CC(=C)/C(C=C)=C\C(=C/C)c1ccc(-n2c3c(c4c5c6c(n(-c7ccc8ccccc8c7)c5ccc42)=CCCC=6)C=CCC=C3)cc1. The number of rotatable bonds is 7. The molecule has 0 N–H and O–H groups in total. The van der Waals surface area contributed by atoms with Gasteiger partial charge in [0.25, 0.3) is 0 Å². The molecule has 0 spiro atoms. The number of fused-ring (bicyclic) bond motifs is 8. The first-order valence-corrected chi connectivity index (χ1v) is 16.8. The Balaban J connectivity index is 1.36. The van der Waals surface area contributed by atoms with Crippen LogP contribution in [0.15, 0.2) is 146 Å². The molecule has 2 nitrogen and oxygen atoms in total. The van der Waals surface area contributed by atoms with Gasteiger partial charge in [-0.25, -0.2) is 0 Å². The number of hydrogen-bond acceptors (Lipinski definition) is 0. The van der Waals surface area contributed by atoms with E-state index in [4.69, 9.17) is 0 Å². The molecule has 232 valence electrons. The van der Waals surface area contributed by atoms with Crippen molar-refractivity contribution >= 4 is 62.5 Å². The van der Waals surface area contributed by atoms with Gasteiger partial charge in [0, 0.05) is 38.3 Å². The van der Waals surface area contributed by atoms with Gasteiger partial charge in [0.2, 0.25) is 0 Å². The molecule has 0 aliphatic heterocycles. The van der Waals surface area contributed by atoms with Gasteiger partial charge in [-0.05, 0) is 108 Å². The summed E-state index contributed by atoms with van der Waals surface area (Å²) in [6.07, 6.45) is 25.0. The average Bonchev–Trinajstić information content (AvgIpc) is 3.52. The molecular weight excluding hydrogens is 581 g/mol. The molecule has 0 radical (unpaired) electrons. The van der Waals surface area contributed by atoms with Crippen LogP contribution in [-0.2, 0) is 0 Å². The molecule has 48 heavy (non-hydrogen) atoms. The Hall–Kier alpha value is -5.86. The standard InChI is InChI=1S/C46H38N2/c1-5-31(4)32(6-2)29-33(7-3)35-21-24-37(25-22-35)47-41-19-10-8-9-17-39(41)45-43(47)27-28-44-46(45)40-18-13-14-20-42(40)48(44)38-26-23-34-15-11-12-16-36(34)30-38/h5-7,9-12,15-30H,1-2,4,8,13-14H2,3H3/b32-29-,33-7+. The molecule has 0 saturated heterocycles. The Morgan fingerprint density at radius 2 is 1.46 bits per heavy atom. The second kappa shape index (κ2) is 12.1. The lowest BCUT2D eigenvalue weighted by Crippen LogP contribution is -2.30. The summed E-state index contributed by atoms with van der Waals surface area (Å²) >= 11 is 0. The Kier molecular flexibility index (Phi) is 7.42. The van der Waals surface area contributed by atoms with E-state index in [-0.39, 0.29) is 0 Å². The Morgan fingerprint density at radius 1 is 0.729 bits per heavy atom. The molecule has 0 fully saturated rings. The van der Waals surface area contributed by atoms with Gasteiger partial charge in [0.15, 0.2) is 0 Å². The number of nitrogens with zero attached hydrogens (tertiary/aromatic N) is 2. The van der Waals surface area contributed by atoms with Gasteiger partial charge in [-0.2, -0.15) is 0 Å². The smallest absolute Gasteiger partial charge is 0.0548 e. The van der Waals surface area contributed by atoms with E-state index in [1.807, 2.05) is 6.08 Å². The van der Waals surface area contributed by atoms with Crippen molar-refractivity contribution in [2.45, 2.75) is 26.2 Å². The number of allylic oxidation sites excluding steroid dienone is 9. The number of hydrogen-bond donors (Lipinski definition) is 0. The maximum atomic E-state index is 4.12. The van der Waals surface area contributed by atoms with E-state index in [9.17, 15) is 0 Å². The van der Waals surface area contributed by atoms with Crippen LogP contribution in [0.4, 0.5) is 0 Å². The van der Waals surface area contributed by atoms with Crippen molar-refractivity contribution < 1.29 is 0 Å². The van der Waals surface area contributed by atoms with Crippen molar-refractivity contribution in [3.05, 3.63) is 174 Å². The Bertz CT molecular complexity index is 2570. The highest BCUT2D eigenvalue weighted by Crippen LogP contribution is 2.38. The summed E-state index contributed by atoms with van der Waals surface area (Å²) in [6.45, 7) is 14.1. The van der Waals surface area contributed by atoms with Crippen LogP contribution in [0.25, 0.3) is 73.8 Å². The molecule has 2 aliphatic rings. The molecule has 4 aromatic carbocycles. The van der Waals surface area contributed by atoms with Crippen LogP contribution in [0.2, 0.25) is 0 Å². The Morgan fingerprint density at radius 3 is 2.23 bits per heavy atom. The quantitative estimate of drug-likeness (QED) is 0.158. The monoisotopic (exact) mass is 618 g/mol. The maximum absolute atomic E-state index is 4.12. The average molecular weight is 619 g/mol. The van der Waals surface area contributed by atoms with Crippen LogP contribution < -0.4 is 10.6 Å². The molecule has 0 amide bonds. The molecule has 0 bridgehead atoms. The molecule has 2 heterocycles. The Labute approximate surface area is 282 Å². The second-order valence-electron chi connectivity index (χ2n) is 12.5. The summed E-state index contributed by atoms with van der Waals surface area (Å²) < 4.78 is 4.91. The molecule has 6 aromatic rings. The molecule has 0 unspecified atom stereocenters. The predicted molar refractivity (Wildman–Crippen MR) is 209 cm³/mol. The van der Waals surface area contributed by atoms with Crippen molar-refractivity contribution in [3.63, 3.8) is 0 Å². The topological polar surface area (TPSA) is 9.86 Å². The van der Waals surface area contributed by atoms with E-state index in [1.54, 1.807) is 6.08 Å². The lowest BCUT2D eigenvalue weighted by molar-refractivity contribution is 1.03. The highest BCUT2D eigenvalue weighted by molar-refractivity contribution is 6.13. The lowest BCUT2D eigenvalue weighted by atomic mass is 9.99. The first-order valence-electron chi connectivity index (χ1n) is 16.8. The van der Waals surface area contributed by atoms with Gasteiger partial charge in [-0.15, -0.1) is 0 Å². The fraction of sp³-hybridized carbons (Fsp3) is 0.0870. The summed E-state index contributed by atoms with van der Waals surface area (Å²) in [4.78, 5) is 0. The number of aromatic nitrogens is 2. The van der Waals surface area contributed by atoms with E-state index >= 15 is 0 Å². The van der Waals surface area contributed by atoms with Gasteiger partial charge in [-0.1, -0.05) is 111 Å². The zero-order chi connectivity index (χ0) is 32.8. The van der Waals surface area contributed by atoms with Crippen LogP contribution in [0, 0.1) is 0 Å². The van der Waals surface area contributed by atoms with Gasteiger partial charge < -0.3 is 9.13 Å². The fourth-order valence-electron chi connectivity index (χ4n) is 7.46. The molecule has 0 atom stereocenters. The molecule has 2 aromatic heterocycles. The lowest BCUT2D eigenvalue weighted by Gasteiger charge is -2.12. The van der Waals surface area contributed by atoms with E-state index in [1.165, 1.54) is 60.1 Å². The summed E-state index contributed by atoms with van der Waals surface area (Å²) in [5, 5.41) is 7.80. The zero-order valence-corrected chi connectivity index (χ0v) is 27.4. The van der Waals surface area contributed by atoms with Crippen LogP contribution in [0.3, 0.4) is 0 Å².